The molecule has 1 aromatic carbocycles. The molecule has 1 aromatic rings. The molecule has 0 heterocycles. The standard InChI is InChI=1S/C12H13F2NO4S/c13-8-2-3-9(14)10(6-8)20(18,19)15-7-12(11(16)17)4-1-5-12/h2-3,6,15H,1,4-5,7H2,(H,16,17). The Kier molecular flexibility index (Phi) is 3.79. The minimum absolute atomic E-state index is 0.333. The predicted molar refractivity (Wildman–Crippen MR) is 65.5 cm³/mol. The molecule has 0 aromatic heterocycles. The predicted octanol–water partition coefficient (Wildman–Crippen LogP) is 1.50. The van der Waals surface area contributed by atoms with Crippen molar-refractivity contribution in [3.63, 3.8) is 0 Å². The number of aliphatic carboxylic acids is 1. The van der Waals surface area contributed by atoms with Crippen LogP contribution < -0.4 is 4.72 Å². The van der Waals surface area contributed by atoms with Crippen LogP contribution in [0.2, 0.25) is 0 Å². The van der Waals surface area contributed by atoms with Gasteiger partial charge in [0.2, 0.25) is 10.0 Å². The van der Waals surface area contributed by atoms with Crippen molar-refractivity contribution in [2.45, 2.75) is 24.2 Å². The maximum atomic E-state index is 13.4. The molecule has 20 heavy (non-hydrogen) atoms. The number of carboxylic acids is 1. The van der Waals surface area contributed by atoms with Gasteiger partial charge in [-0.15, -0.1) is 0 Å². The lowest BCUT2D eigenvalue weighted by Crippen LogP contribution is -2.47. The van der Waals surface area contributed by atoms with Gasteiger partial charge < -0.3 is 5.11 Å². The molecule has 0 amide bonds. The summed E-state index contributed by atoms with van der Waals surface area (Å²) >= 11 is 0. The van der Waals surface area contributed by atoms with E-state index < -0.39 is 37.9 Å². The van der Waals surface area contributed by atoms with Crippen molar-refractivity contribution in [2.75, 3.05) is 6.54 Å². The van der Waals surface area contributed by atoms with E-state index in [0.717, 1.165) is 6.07 Å². The molecule has 1 fully saturated rings. The van der Waals surface area contributed by atoms with Crippen molar-refractivity contribution in [2.24, 2.45) is 5.41 Å². The van der Waals surface area contributed by atoms with Crippen molar-refractivity contribution in [3.05, 3.63) is 29.8 Å². The molecule has 2 N–H and O–H groups in total. The molecule has 0 bridgehead atoms. The number of rotatable bonds is 5. The lowest BCUT2D eigenvalue weighted by Gasteiger charge is -2.37. The fraction of sp³-hybridized carbons (Fsp3) is 0.417. The molecule has 0 saturated heterocycles. The van der Waals surface area contributed by atoms with Crippen LogP contribution in [0.15, 0.2) is 23.1 Å². The molecule has 0 atom stereocenters. The fourth-order valence-electron chi connectivity index (χ4n) is 2.06. The molecular formula is C12H13F2NO4S. The third-order valence-electron chi connectivity index (χ3n) is 3.55. The van der Waals surface area contributed by atoms with E-state index in [1.807, 2.05) is 0 Å². The summed E-state index contributed by atoms with van der Waals surface area (Å²) in [7, 11) is -4.28. The number of benzene rings is 1. The van der Waals surface area contributed by atoms with Crippen LogP contribution in [0.5, 0.6) is 0 Å². The van der Waals surface area contributed by atoms with Crippen molar-refractivity contribution in [1.29, 1.82) is 0 Å². The first-order valence-corrected chi connectivity index (χ1v) is 7.43. The van der Waals surface area contributed by atoms with E-state index >= 15 is 0 Å². The lowest BCUT2D eigenvalue weighted by atomic mass is 9.69. The fourth-order valence-corrected chi connectivity index (χ4v) is 3.28. The van der Waals surface area contributed by atoms with E-state index in [1.165, 1.54) is 0 Å². The Morgan fingerprint density at radius 2 is 2.00 bits per heavy atom. The molecule has 1 saturated carbocycles. The minimum atomic E-state index is -4.28. The van der Waals surface area contributed by atoms with Crippen LogP contribution >= 0.6 is 0 Å². The molecule has 0 radical (unpaired) electrons. The maximum Gasteiger partial charge on any atom is 0.310 e. The van der Waals surface area contributed by atoms with Crippen molar-refractivity contribution < 1.29 is 27.1 Å². The first-order chi connectivity index (χ1) is 9.27. The van der Waals surface area contributed by atoms with Crippen LogP contribution in [0.25, 0.3) is 0 Å². The summed E-state index contributed by atoms with van der Waals surface area (Å²) in [6, 6.07) is 2.07. The second-order valence-electron chi connectivity index (χ2n) is 4.84. The Hall–Kier alpha value is -1.54. The van der Waals surface area contributed by atoms with Crippen LogP contribution in [0.1, 0.15) is 19.3 Å². The van der Waals surface area contributed by atoms with Crippen molar-refractivity contribution in [3.8, 4) is 0 Å². The van der Waals surface area contributed by atoms with Gasteiger partial charge in [-0.05, 0) is 31.0 Å². The number of halogens is 2. The third-order valence-corrected chi connectivity index (χ3v) is 4.96. The van der Waals surface area contributed by atoms with E-state index in [9.17, 15) is 22.0 Å². The minimum Gasteiger partial charge on any atom is -0.481 e. The Balaban J connectivity index is 2.20. The molecular weight excluding hydrogens is 292 g/mol. The number of hydrogen-bond acceptors (Lipinski definition) is 3. The SMILES string of the molecule is O=C(O)C1(CNS(=O)(=O)c2cc(F)ccc2F)CCC1. The summed E-state index contributed by atoms with van der Waals surface area (Å²) in [5.74, 6) is -3.06. The van der Waals surface area contributed by atoms with Gasteiger partial charge >= 0.3 is 5.97 Å². The van der Waals surface area contributed by atoms with Crippen molar-refractivity contribution in [1.82, 2.24) is 4.72 Å². The normalized spacial score (nSPS) is 17.5. The molecule has 1 aliphatic carbocycles. The van der Waals surface area contributed by atoms with Gasteiger partial charge in [0.25, 0.3) is 0 Å². The van der Waals surface area contributed by atoms with Crippen molar-refractivity contribution >= 4 is 16.0 Å². The Morgan fingerprint density at radius 1 is 1.35 bits per heavy atom. The average Bonchev–Trinajstić information content (AvgIpc) is 2.30. The van der Waals surface area contributed by atoms with Crippen LogP contribution in [-0.4, -0.2) is 26.0 Å². The van der Waals surface area contributed by atoms with Gasteiger partial charge in [0.1, 0.15) is 16.5 Å². The van der Waals surface area contributed by atoms with Gasteiger partial charge in [-0.2, -0.15) is 0 Å². The molecule has 8 heteroatoms. The van der Waals surface area contributed by atoms with E-state index in [-0.39, 0.29) is 6.54 Å². The number of hydrogen-bond donors (Lipinski definition) is 2. The molecule has 110 valence electrons. The van der Waals surface area contributed by atoms with Gasteiger partial charge in [0.05, 0.1) is 5.41 Å². The molecule has 1 aliphatic rings. The highest BCUT2D eigenvalue weighted by Crippen LogP contribution is 2.40. The quantitative estimate of drug-likeness (QED) is 0.863. The number of sulfonamides is 1. The number of carbonyl (C=O) groups is 1. The topological polar surface area (TPSA) is 83.5 Å². The number of carboxylic acid groups (broad SMARTS) is 1. The van der Waals surface area contributed by atoms with Gasteiger partial charge in [-0.3, -0.25) is 4.79 Å². The first-order valence-electron chi connectivity index (χ1n) is 5.95. The zero-order valence-corrected chi connectivity index (χ0v) is 11.2. The highest BCUT2D eigenvalue weighted by atomic mass is 32.2. The highest BCUT2D eigenvalue weighted by Gasteiger charge is 2.45. The van der Waals surface area contributed by atoms with Gasteiger partial charge in [-0.25, -0.2) is 21.9 Å². The van der Waals surface area contributed by atoms with Gasteiger partial charge in [-0.1, -0.05) is 6.42 Å². The van der Waals surface area contributed by atoms with E-state index in [2.05, 4.69) is 4.72 Å². The maximum absolute atomic E-state index is 13.4. The number of nitrogens with one attached hydrogen (secondary N) is 1. The summed E-state index contributed by atoms with van der Waals surface area (Å²) in [6.07, 6.45) is 1.41. The average molecular weight is 305 g/mol. The summed E-state index contributed by atoms with van der Waals surface area (Å²) in [5.41, 5.74) is -1.14. The zero-order valence-electron chi connectivity index (χ0n) is 10.4. The van der Waals surface area contributed by atoms with Gasteiger partial charge in [0.15, 0.2) is 0 Å². The Labute approximate surface area is 114 Å². The third kappa shape index (κ3) is 2.66. The van der Waals surface area contributed by atoms with E-state index in [0.29, 0.717) is 31.4 Å². The largest absolute Gasteiger partial charge is 0.481 e. The second kappa shape index (κ2) is 5.10. The molecule has 2 rings (SSSR count). The molecule has 0 spiro atoms. The Bertz CT molecular complexity index is 641. The molecule has 5 nitrogen and oxygen atoms in total. The smallest absolute Gasteiger partial charge is 0.310 e. The summed E-state index contributed by atoms with van der Waals surface area (Å²) < 4.78 is 52.3. The summed E-state index contributed by atoms with van der Waals surface area (Å²) in [4.78, 5) is 10.3. The van der Waals surface area contributed by atoms with Crippen LogP contribution in [0, 0.1) is 17.0 Å². The summed E-state index contributed by atoms with van der Waals surface area (Å²) in [6.45, 7) is -0.333. The van der Waals surface area contributed by atoms with Crippen LogP contribution in [0.3, 0.4) is 0 Å². The summed E-state index contributed by atoms with van der Waals surface area (Å²) in [5, 5.41) is 9.08. The van der Waals surface area contributed by atoms with E-state index in [1.54, 1.807) is 0 Å². The Morgan fingerprint density at radius 3 is 2.50 bits per heavy atom. The monoisotopic (exact) mass is 305 g/mol. The van der Waals surface area contributed by atoms with Crippen LogP contribution in [-0.2, 0) is 14.8 Å². The zero-order chi connectivity index (χ0) is 15.0. The molecule has 0 aliphatic heterocycles. The lowest BCUT2D eigenvalue weighted by molar-refractivity contribution is -0.153. The second-order valence-corrected chi connectivity index (χ2v) is 6.57. The van der Waals surface area contributed by atoms with Gasteiger partial charge in [0, 0.05) is 6.54 Å². The van der Waals surface area contributed by atoms with E-state index in [4.69, 9.17) is 5.11 Å². The van der Waals surface area contributed by atoms with Crippen LogP contribution in [0.4, 0.5) is 8.78 Å². The molecule has 0 unspecified atom stereocenters. The highest BCUT2D eigenvalue weighted by molar-refractivity contribution is 7.89. The first kappa shape index (κ1) is 14.9.